The molecule has 0 aliphatic rings. The van der Waals surface area contributed by atoms with E-state index in [2.05, 4.69) is 4.74 Å². The average molecular weight is 208 g/mol. The van der Waals surface area contributed by atoms with E-state index >= 15 is 0 Å². The third-order valence-corrected chi connectivity index (χ3v) is 2.15. The molecule has 0 aliphatic carbocycles. The number of esters is 1. The van der Waals surface area contributed by atoms with Gasteiger partial charge in [-0.25, -0.2) is 4.79 Å². The second-order valence-corrected chi connectivity index (χ2v) is 3.27. The monoisotopic (exact) mass is 208 g/mol. The third kappa shape index (κ3) is 2.15. The highest BCUT2D eigenvalue weighted by atomic mass is 16.5. The van der Waals surface area contributed by atoms with E-state index < -0.39 is 11.4 Å². The van der Waals surface area contributed by atoms with Gasteiger partial charge in [0.15, 0.2) is 5.75 Å². The minimum Gasteiger partial charge on any atom is -0.504 e. The SMILES string of the molecule is COC(=O)c1cc(=O)c(O)c(C)cc1C. The fourth-order valence-electron chi connectivity index (χ4n) is 1.31. The van der Waals surface area contributed by atoms with Crippen molar-refractivity contribution in [2.45, 2.75) is 13.8 Å². The van der Waals surface area contributed by atoms with Crippen LogP contribution in [0.5, 0.6) is 5.75 Å². The summed E-state index contributed by atoms with van der Waals surface area (Å²) >= 11 is 0. The van der Waals surface area contributed by atoms with Crippen molar-refractivity contribution < 1.29 is 14.6 Å². The Bertz CT molecular complexity index is 463. The van der Waals surface area contributed by atoms with Crippen LogP contribution in [0.25, 0.3) is 0 Å². The number of aromatic hydroxyl groups is 1. The molecule has 0 aromatic heterocycles. The number of aryl methyl sites for hydroxylation is 2. The Kier molecular flexibility index (Phi) is 3.09. The van der Waals surface area contributed by atoms with Crippen LogP contribution in [0.4, 0.5) is 0 Å². The van der Waals surface area contributed by atoms with E-state index in [1.54, 1.807) is 19.9 Å². The van der Waals surface area contributed by atoms with Crippen LogP contribution >= 0.6 is 0 Å². The third-order valence-electron chi connectivity index (χ3n) is 2.15. The van der Waals surface area contributed by atoms with Gasteiger partial charge in [0, 0.05) is 6.07 Å². The fraction of sp³-hybridized carbons (Fsp3) is 0.273. The van der Waals surface area contributed by atoms with Crippen LogP contribution < -0.4 is 5.43 Å². The van der Waals surface area contributed by atoms with Gasteiger partial charge in [0.2, 0.25) is 5.43 Å². The molecule has 1 rings (SSSR count). The summed E-state index contributed by atoms with van der Waals surface area (Å²) in [5.74, 6) is -0.923. The van der Waals surface area contributed by atoms with E-state index in [-0.39, 0.29) is 11.3 Å². The summed E-state index contributed by atoms with van der Waals surface area (Å²) in [6.45, 7) is 3.28. The van der Waals surface area contributed by atoms with Gasteiger partial charge in [0.25, 0.3) is 0 Å². The topological polar surface area (TPSA) is 63.6 Å². The van der Waals surface area contributed by atoms with Crippen LogP contribution in [0, 0.1) is 13.8 Å². The van der Waals surface area contributed by atoms with Crippen molar-refractivity contribution in [3.63, 3.8) is 0 Å². The molecule has 0 unspecified atom stereocenters. The van der Waals surface area contributed by atoms with Gasteiger partial charge in [-0.2, -0.15) is 0 Å². The first kappa shape index (κ1) is 11.2. The molecule has 0 fully saturated rings. The van der Waals surface area contributed by atoms with Crippen molar-refractivity contribution in [3.8, 4) is 5.75 Å². The van der Waals surface area contributed by atoms with Crippen LogP contribution in [0.1, 0.15) is 21.5 Å². The van der Waals surface area contributed by atoms with E-state index in [0.29, 0.717) is 11.1 Å². The molecule has 15 heavy (non-hydrogen) atoms. The predicted molar refractivity (Wildman–Crippen MR) is 55.2 cm³/mol. The second kappa shape index (κ2) is 4.13. The van der Waals surface area contributed by atoms with Crippen LogP contribution in [-0.4, -0.2) is 18.2 Å². The molecule has 0 heterocycles. The number of hydrogen-bond acceptors (Lipinski definition) is 4. The van der Waals surface area contributed by atoms with Crippen molar-refractivity contribution in [2.75, 3.05) is 7.11 Å². The molecule has 4 heteroatoms. The van der Waals surface area contributed by atoms with E-state index in [1.165, 1.54) is 7.11 Å². The molecule has 0 saturated heterocycles. The lowest BCUT2D eigenvalue weighted by Crippen LogP contribution is -2.05. The molecule has 1 N–H and O–H groups in total. The van der Waals surface area contributed by atoms with Crippen molar-refractivity contribution in [3.05, 3.63) is 39.0 Å². The first-order valence-electron chi connectivity index (χ1n) is 4.40. The van der Waals surface area contributed by atoms with Gasteiger partial charge < -0.3 is 9.84 Å². The fourth-order valence-corrected chi connectivity index (χ4v) is 1.31. The van der Waals surface area contributed by atoms with Gasteiger partial charge >= 0.3 is 5.97 Å². The first-order valence-corrected chi connectivity index (χ1v) is 4.40. The number of ether oxygens (including phenoxy) is 1. The summed E-state index contributed by atoms with van der Waals surface area (Å²) in [6.07, 6.45) is 0. The van der Waals surface area contributed by atoms with Crippen molar-refractivity contribution >= 4 is 5.97 Å². The highest BCUT2D eigenvalue weighted by Gasteiger charge is 2.11. The average Bonchev–Trinajstić information content (AvgIpc) is 2.30. The Morgan fingerprint density at radius 2 is 1.87 bits per heavy atom. The van der Waals surface area contributed by atoms with Gasteiger partial charge in [-0.05, 0) is 25.0 Å². The number of carbonyl (C=O) groups is 1. The number of hydrogen-bond donors (Lipinski definition) is 1. The van der Waals surface area contributed by atoms with Gasteiger partial charge in [0.1, 0.15) is 0 Å². The molecular weight excluding hydrogens is 196 g/mol. The highest BCUT2D eigenvalue weighted by molar-refractivity contribution is 5.90. The Hall–Kier alpha value is -1.84. The maximum Gasteiger partial charge on any atom is 0.338 e. The highest BCUT2D eigenvalue weighted by Crippen LogP contribution is 2.14. The van der Waals surface area contributed by atoms with E-state index in [4.69, 9.17) is 0 Å². The van der Waals surface area contributed by atoms with E-state index in [9.17, 15) is 14.7 Å². The molecule has 4 nitrogen and oxygen atoms in total. The lowest BCUT2D eigenvalue weighted by Gasteiger charge is -1.98. The summed E-state index contributed by atoms with van der Waals surface area (Å²) in [5, 5.41) is 9.41. The molecule has 0 bridgehead atoms. The van der Waals surface area contributed by atoms with Gasteiger partial charge in [-0.15, -0.1) is 0 Å². The summed E-state index contributed by atoms with van der Waals surface area (Å²) in [7, 11) is 1.24. The summed E-state index contributed by atoms with van der Waals surface area (Å²) in [5.41, 5.74) is 0.622. The standard InChI is InChI=1S/C11H12O4/c1-6-4-7(2)10(13)9(12)5-8(6)11(14)15-3/h4-5H,1-3H3,(H,12,13). The molecule has 0 saturated carbocycles. The zero-order valence-corrected chi connectivity index (χ0v) is 8.83. The first-order chi connectivity index (χ1) is 6.97. The normalized spacial score (nSPS) is 9.80. The van der Waals surface area contributed by atoms with Crippen LogP contribution in [-0.2, 0) is 4.74 Å². The smallest absolute Gasteiger partial charge is 0.338 e. The Labute approximate surface area is 87.1 Å². The lowest BCUT2D eigenvalue weighted by molar-refractivity contribution is 0.0600. The largest absolute Gasteiger partial charge is 0.504 e. The molecule has 0 atom stereocenters. The van der Waals surface area contributed by atoms with Crippen molar-refractivity contribution in [2.24, 2.45) is 0 Å². The maximum absolute atomic E-state index is 11.4. The molecule has 80 valence electrons. The molecular formula is C11H12O4. The Balaban J connectivity index is 3.59. The molecule has 1 aromatic rings. The lowest BCUT2D eigenvalue weighted by atomic mass is 10.1. The number of carbonyl (C=O) groups excluding carboxylic acids is 1. The van der Waals surface area contributed by atoms with Gasteiger partial charge in [-0.3, -0.25) is 4.79 Å². The summed E-state index contributed by atoms with van der Waals surface area (Å²) in [4.78, 5) is 22.7. The Morgan fingerprint density at radius 1 is 1.27 bits per heavy atom. The van der Waals surface area contributed by atoms with E-state index in [0.717, 1.165) is 6.07 Å². The van der Waals surface area contributed by atoms with Crippen LogP contribution in [0.15, 0.2) is 16.9 Å². The van der Waals surface area contributed by atoms with Crippen LogP contribution in [0.3, 0.4) is 0 Å². The molecule has 0 aliphatic heterocycles. The predicted octanol–water partition coefficient (Wildman–Crippen LogP) is 1.16. The van der Waals surface area contributed by atoms with Crippen molar-refractivity contribution in [1.29, 1.82) is 0 Å². The minimum atomic E-state index is -0.584. The number of methoxy groups -OCH3 is 1. The van der Waals surface area contributed by atoms with Crippen LogP contribution in [0.2, 0.25) is 0 Å². The minimum absolute atomic E-state index is 0.172. The summed E-state index contributed by atoms with van der Waals surface area (Å²) < 4.78 is 4.53. The van der Waals surface area contributed by atoms with E-state index in [1.807, 2.05) is 0 Å². The molecule has 1 aromatic carbocycles. The zero-order valence-electron chi connectivity index (χ0n) is 8.83. The Morgan fingerprint density at radius 3 is 2.40 bits per heavy atom. The second-order valence-electron chi connectivity index (χ2n) is 3.27. The summed E-state index contributed by atoms with van der Waals surface area (Å²) in [6, 6.07) is 2.66. The van der Waals surface area contributed by atoms with Gasteiger partial charge in [-0.1, -0.05) is 6.07 Å². The molecule has 0 spiro atoms. The zero-order chi connectivity index (χ0) is 11.6. The quantitative estimate of drug-likeness (QED) is 0.703. The number of rotatable bonds is 1. The van der Waals surface area contributed by atoms with Crippen molar-refractivity contribution in [1.82, 2.24) is 0 Å². The molecule has 0 amide bonds. The molecule has 0 radical (unpaired) electrons. The van der Waals surface area contributed by atoms with Gasteiger partial charge in [0.05, 0.1) is 12.7 Å². The maximum atomic E-state index is 11.4.